The van der Waals surface area contributed by atoms with Crippen molar-refractivity contribution in [2.75, 3.05) is 25.4 Å². The number of hydrogen-bond donors (Lipinski definition) is 1. The van der Waals surface area contributed by atoms with Gasteiger partial charge in [-0.3, -0.25) is 0 Å². The number of hydrogen-bond acceptors (Lipinski definition) is 3. The molecule has 1 aliphatic rings. The zero-order valence-corrected chi connectivity index (χ0v) is 11.6. The monoisotopic (exact) mass is 258 g/mol. The molecule has 1 saturated heterocycles. The highest BCUT2D eigenvalue weighted by Gasteiger charge is 2.13. The summed E-state index contributed by atoms with van der Waals surface area (Å²) < 4.78 is 2.29. The fraction of sp³-hybridized carbons (Fsp3) is 0.533. The fourth-order valence-electron chi connectivity index (χ4n) is 2.99. The van der Waals surface area contributed by atoms with Crippen LogP contribution in [0.4, 0.5) is 5.69 Å². The first-order valence-electron chi connectivity index (χ1n) is 7.19. The highest BCUT2D eigenvalue weighted by atomic mass is 15.2. The van der Waals surface area contributed by atoms with E-state index in [1.165, 1.54) is 32.4 Å². The predicted molar refractivity (Wildman–Crippen MR) is 79.2 cm³/mol. The van der Waals surface area contributed by atoms with Gasteiger partial charge in [-0.1, -0.05) is 12.5 Å². The predicted octanol–water partition coefficient (Wildman–Crippen LogP) is 2.41. The number of nitrogen functional groups attached to an aromatic ring is 1. The van der Waals surface area contributed by atoms with Crippen LogP contribution in [-0.2, 0) is 6.54 Å². The van der Waals surface area contributed by atoms with Gasteiger partial charge in [0.05, 0.1) is 11.2 Å². The third-order valence-corrected chi connectivity index (χ3v) is 4.09. The lowest BCUT2D eigenvalue weighted by Gasteiger charge is -2.26. The van der Waals surface area contributed by atoms with Crippen LogP contribution in [0.1, 0.15) is 25.1 Å². The third kappa shape index (κ3) is 2.45. The molecule has 2 heterocycles. The summed E-state index contributed by atoms with van der Waals surface area (Å²) in [4.78, 5) is 7.15. The first kappa shape index (κ1) is 12.5. The van der Waals surface area contributed by atoms with E-state index in [4.69, 9.17) is 5.73 Å². The molecule has 0 amide bonds. The van der Waals surface area contributed by atoms with Crippen LogP contribution in [0.15, 0.2) is 18.2 Å². The lowest BCUT2D eigenvalue weighted by molar-refractivity contribution is 0.221. The van der Waals surface area contributed by atoms with E-state index < -0.39 is 0 Å². The van der Waals surface area contributed by atoms with Crippen LogP contribution >= 0.6 is 0 Å². The molecule has 0 saturated carbocycles. The Kier molecular flexibility index (Phi) is 3.42. The van der Waals surface area contributed by atoms with Crippen molar-refractivity contribution in [3.05, 3.63) is 24.0 Å². The molecule has 0 radical (unpaired) electrons. The Labute approximate surface area is 114 Å². The maximum Gasteiger partial charge on any atom is 0.112 e. The molecule has 2 aromatic rings. The number of aromatic nitrogens is 2. The molecule has 3 rings (SSSR count). The highest BCUT2D eigenvalue weighted by Crippen LogP contribution is 2.21. The summed E-state index contributed by atoms with van der Waals surface area (Å²) in [5.41, 5.74) is 8.87. The summed E-state index contributed by atoms with van der Waals surface area (Å²) in [5, 5.41) is 0. The number of rotatable bonds is 3. The first-order valence-corrected chi connectivity index (χ1v) is 7.19. The molecule has 102 valence electrons. The summed E-state index contributed by atoms with van der Waals surface area (Å²) >= 11 is 0. The second kappa shape index (κ2) is 5.21. The van der Waals surface area contributed by atoms with Gasteiger partial charge in [-0.25, -0.2) is 4.98 Å². The van der Waals surface area contributed by atoms with Crippen LogP contribution in [0.25, 0.3) is 11.0 Å². The maximum atomic E-state index is 5.99. The van der Waals surface area contributed by atoms with Gasteiger partial charge >= 0.3 is 0 Å². The van der Waals surface area contributed by atoms with E-state index in [2.05, 4.69) is 27.4 Å². The Hall–Kier alpha value is -1.55. The fourth-order valence-corrected chi connectivity index (χ4v) is 2.99. The van der Waals surface area contributed by atoms with Crippen LogP contribution in [0.5, 0.6) is 0 Å². The van der Waals surface area contributed by atoms with Gasteiger partial charge in [0.25, 0.3) is 0 Å². The molecule has 19 heavy (non-hydrogen) atoms. The largest absolute Gasteiger partial charge is 0.397 e. The van der Waals surface area contributed by atoms with Gasteiger partial charge in [0, 0.05) is 13.1 Å². The Balaban J connectivity index is 1.80. The Bertz CT molecular complexity index is 567. The topological polar surface area (TPSA) is 47.1 Å². The number of nitrogens with two attached hydrogens (primary N) is 1. The van der Waals surface area contributed by atoms with Gasteiger partial charge in [-0.15, -0.1) is 0 Å². The molecule has 0 bridgehead atoms. The maximum absolute atomic E-state index is 5.99. The molecule has 1 aromatic carbocycles. The van der Waals surface area contributed by atoms with Gasteiger partial charge in [0.2, 0.25) is 0 Å². The number of benzene rings is 1. The number of piperidine rings is 1. The molecule has 0 unspecified atom stereocenters. The molecule has 0 atom stereocenters. The van der Waals surface area contributed by atoms with Gasteiger partial charge in [0.15, 0.2) is 0 Å². The van der Waals surface area contributed by atoms with Crippen LogP contribution in [0.2, 0.25) is 0 Å². The van der Waals surface area contributed by atoms with Crippen molar-refractivity contribution in [1.29, 1.82) is 0 Å². The zero-order chi connectivity index (χ0) is 13.2. The van der Waals surface area contributed by atoms with Crippen molar-refractivity contribution in [2.45, 2.75) is 32.7 Å². The number of imidazole rings is 1. The van der Waals surface area contributed by atoms with Crippen molar-refractivity contribution in [3.8, 4) is 0 Å². The minimum Gasteiger partial charge on any atom is -0.397 e. The summed E-state index contributed by atoms with van der Waals surface area (Å²) in [5.74, 6) is 1.06. The molecule has 0 spiro atoms. The summed E-state index contributed by atoms with van der Waals surface area (Å²) in [7, 11) is 0. The quantitative estimate of drug-likeness (QED) is 0.860. The van der Waals surface area contributed by atoms with Gasteiger partial charge < -0.3 is 15.2 Å². The smallest absolute Gasteiger partial charge is 0.112 e. The van der Waals surface area contributed by atoms with E-state index in [-0.39, 0.29) is 0 Å². The van der Waals surface area contributed by atoms with E-state index >= 15 is 0 Å². The van der Waals surface area contributed by atoms with Crippen molar-refractivity contribution in [3.63, 3.8) is 0 Å². The normalized spacial score (nSPS) is 17.1. The number of aryl methyl sites for hydroxylation is 1. The van der Waals surface area contributed by atoms with E-state index in [0.29, 0.717) is 0 Å². The zero-order valence-electron chi connectivity index (χ0n) is 11.6. The van der Waals surface area contributed by atoms with Crippen LogP contribution < -0.4 is 5.73 Å². The number of nitrogens with zero attached hydrogens (tertiary/aromatic N) is 3. The van der Waals surface area contributed by atoms with Crippen LogP contribution in [-0.4, -0.2) is 34.1 Å². The van der Waals surface area contributed by atoms with E-state index in [0.717, 1.165) is 35.6 Å². The minimum atomic E-state index is 0.775. The lowest BCUT2D eigenvalue weighted by Crippen LogP contribution is -2.32. The van der Waals surface area contributed by atoms with E-state index in [1.807, 2.05) is 12.1 Å². The molecule has 0 aliphatic carbocycles. The van der Waals surface area contributed by atoms with Crippen molar-refractivity contribution in [2.24, 2.45) is 0 Å². The SMILES string of the molecule is Cc1nc2c(N)cccc2n1CCN1CCCCC1. The second-order valence-electron chi connectivity index (χ2n) is 5.43. The number of likely N-dealkylation sites (tertiary alicyclic amines) is 1. The third-order valence-electron chi connectivity index (χ3n) is 4.09. The number of para-hydroxylation sites is 1. The van der Waals surface area contributed by atoms with Gasteiger partial charge in [-0.05, 0) is 45.0 Å². The van der Waals surface area contributed by atoms with Crippen LogP contribution in [0, 0.1) is 6.92 Å². The molecule has 1 aromatic heterocycles. The lowest BCUT2D eigenvalue weighted by atomic mass is 10.1. The molecular weight excluding hydrogens is 236 g/mol. The van der Waals surface area contributed by atoms with E-state index in [9.17, 15) is 0 Å². The molecule has 1 fully saturated rings. The summed E-state index contributed by atoms with van der Waals surface area (Å²) in [6, 6.07) is 6.04. The van der Waals surface area contributed by atoms with E-state index in [1.54, 1.807) is 0 Å². The highest BCUT2D eigenvalue weighted by molar-refractivity contribution is 5.87. The molecule has 4 nitrogen and oxygen atoms in total. The Morgan fingerprint density at radius 3 is 2.74 bits per heavy atom. The Morgan fingerprint density at radius 1 is 1.16 bits per heavy atom. The van der Waals surface area contributed by atoms with Gasteiger partial charge in [-0.2, -0.15) is 0 Å². The van der Waals surface area contributed by atoms with Crippen molar-refractivity contribution >= 4 is 16.7 Å². The average molecular weight is 258 g/mol. The molecule has 4 heteroatoms. The van der Waals surface area contributed by atoms with Crippen molar-refractivity contribution in [1.82, 2.24) is 14.5 Å². The average Bonchev–Trinajstić information content (AvgIpc) is 2.75. The number of fused-ring (bicyclic) bond motifs is 1. The van der Waals surface area contributed by atoms with Crippen molar-refractivity contribution < 1.29 is 0 Å². The van der Waals surface area contributed by atoms with Crippen LogP contribution in [0.3, 0.4) is 0 Å². The molecular formula is C15H22N4. The first-order chi connectivity index (χ1) is 9.25. The Morgan fingerprint density at radius 2 is 1.95 bits per heavy atom. The number of anilines is 1. The second-order valence-corrected chi connectivity index (χ2v) is 5.43. The molecule has 1 aliphatic heterocycles. The summed E-state index contributed by atoms with van der Waals surface area (Å²) in [6.07, 6.45) is 4.08. The van der Waals surface area contributed by atoms with Gasteiger partial charge in [0.1, 0.15) is 11.3 Å². The minimum absolute atomic E-state index is 0.775. The molecule has 2 N–H and O–H groups in total. The summed E-state index contributed by atoms with van der Waals surface area (Å²) in [6.45, 7) is 6.67. The standard InChI is InChI=1S/C15H22N4/c1-12-17-15-13(16)6-5-7-14(15)19(12)11-10-18-8-3-2-4-9-18/h5-7H,2-4,8-11,16H2,1H3.